The van der Waals surface area contributed by atoms with E-state index in [9.17, 15) is 0 Å². The van der Waals surface area contributed by atoms with Crippen molar-refractivity contribution in [2.24, 2.45) is 0 Å². The zero-order valence-corrected chi connectivity index (χ0v) is 12.3. The Morgan fingerprint density at radius 2 is 2.25 bits per heavy atom. The zero-order valence-electron chi connectivity index (χ0n) is 12.3. The molecule has 1 fully saturated rings. The summed E-state index contributed by atoms with van der Waals surface area (Å²) in [5.74, 6) is 1.27. The fourth-order valence-electron chi connectivity index (χ4n) is 2.35. The number of nitrogens with one attached hydrogen (secondary N) is 1. The lowest BCUT2D eigenvalue weighted by Gasteiger charge is -2.22. The molecule has 1 aliphatic heterocycles. The van der Waals surface area contributed by atoms with Crippen molar-refractivity contribution in [3.8, 4) is 11.5 Å². The van der Waals surface area contributed by atoms with Crippen molar-refractivity contribution in [2.75, 3.05) is 13.1 Å². The van der Waals surface area contributed by atoms with Crippen molar-refractivity contribution in [3.63, 3.8) is 0 Å². The molecule has 1 N–H and O–H groups in total. The lowest BCUT2D eigenvalue weighted by atomic mass is 9.96. The van der Waals surface area contributed by atoms with E-state index < -0.39 is 0 Å². The zero-order chi connectivity index (χ0) is 14.2. The Kier molecular flexibility index (Phi) is 3.33. The van der Waals surface area contributed by atoms with E-state index in [1.54, 1.807) is 6.20 Å². The smallest absolute Gasteiger partial charge is 0.261 e. The van der Waals surface area contributed by atoms with E-state index in [2.05, 4.69) is 41.3 Å². The van der Waals surface area contributed by atoms with Gasteiger partial charge in [0.15, 0.2) is 5.82 Å². The number of hydrogen-bond acceptors (Lipinski definition) is 5. The van der Waals surface area contributed by atoms with Crippen molar-refractivity contribution in [1.82, 2.24) is 25.2 Å². The lowest BCUT2D eigenvalue weighted by molar-refractivity contribution is 0.346. The number of piperidine rings is 1. The molecular weight excluding hydrogens is 254 g/mol. The Labute approximate surface area is 118 Å². The molecule has 1 atom stereocenters. The molecule has 20 heavy (non-hydrogen) atoms. The van der Waals surface area contributed by atoms with Crippen LogP contribution in [0, 0.1) is 0 Å². The molecule has 1 aliphatic rings. The van der Waals surface area contributed by atoms with Crippen LogP contribution in [-0.4, -0.2) is 33.0 Å². The summed E-state index contributed by atoms with van der Waals surface area (Å²) in [7, 11) is 0. The first kappa shape index (κ1) is 13.3. The van der Waals surface area contributed by atoms with Crippen molar-refractivity contribution in [2.45, 2.75) is 45.1 Å². The molecule has 108 valence electrons. The maximum atomic E-state index is 5.35. The predicted octanol–water partition coefficient (Wildman–Crippen LogP) is 2.16. The first-order valence-corrected chi connectivity index (χ1v) is 7.13. The molecule has 2 aromatic rings. The summed E-state index contributed by atoms with van der Waals surface area (Å²) < 4.78 is 7.35. The normalized spacial score (nSPS) is 20.2. The van der Waals surface area contributed by atoms with Gasteiger partial charge in [0.25, 0.3) is 5.89 Å². The van der Waals surface area contributed by atoms with Crippen molar-refractivity contribution in [1.29, 1.82) is 0 Å². The van der Waals surface area contributed by atoms with Crippen LogP contribution in [0.1, 0.15) is 45.5 Å². The molecule has 1 unspecified atom stereocenters. The van der Waals surface area contributed by atoms with E-state index in [1.807, 2.05) is 10.9 Å². The van der Waals surface area contributed by atoms with Gasteiger partial charge >= 0.3 is 0 Å². The van der Waals surface area contributed by atoms with Gasteiger partial charge < -0.3 is 9.84 Å². The quantitative estimate of drug-likeness (QED) is 0.909. The van der Waals surface area contributed by atoms with Gasteiger partial charge in [-0.15, -0.1) is 0 Å². The van der Waals surface area contributed by atoms with Gasteiger partial charge in [0.05, 0.1) is 17.8 Å². The minimum Gasteiger partial charge on any atom is -0.334 e. The summed E-state index contributed by atoms with van der Waals surface area (Å²) in [5, 5.41) is 11.9. The molecule has 2 aromatic heterocycles. The molecule has 3 heterocycles. The van der Waals surface area contributed by atoms with Crippen LogP contribution in [0.5, 0.6) is 0 Å². The molecule has 3 rings (SSSR count). The Morgan fingerprint density at radius 3 is 2.90 bits per heavy atom. The average molecular weight is 275 g/mol. The fourth-order valence-corrected chi connectivity index (χ4v) is 2.35. The predicted molar refractivity (Wildman–Crippen MR) is 75.4 cm³/mol. The van der Waals surface area contributed by atoms with Gasteiger partial charge in [-0.25, -0.2) is 0 Å². The van der Waals surface area contributed by atoms with Crippen LogP contribution in [0.4, 0.5) is 0 Å². The van der Waals surface area contributed by atoms with Gasteiger partial charge in [-0.3, -0.25) is 4.68 Å². The molecule has 0 radical (unpaired) electrons. The highest BCUT2D eigenvalue weighted by Gasteiger charge is 2.23. The highest BCUT2D eigenvalue weighted by molar-refractivity contribution is 5.49. The summed E-state index contributed by atoms with van der Waals surface area (Å²) in [5.41, 5.74) is 0.781. The number of rotatable bonds is 2. The second-order valence-electron chi connectivity index (χ2n) is 6.38. The Bertz CT molecular complexity index is 574. The first-order chi connectivity index (χ1) is 9.54. The van der Waals surface area contributed by atoms with E-state index in [1.165, 1.54) is 6.42 Å². The van der Waals surface area contributed by atoms with E-state index in [0.717, 1.165) is 30.9 Å². The van der Waals surface area contributed by atoms with Gasteiger partial charge in [-0.05, 0) is 19.4 Å². The second kappa shape index (κ2) is 5.01. The van der Waals surface area contributed by atoms with Crippen LogP contribution in [-0.2, 0) is 5.41 Å². The van der Waals surface area contributed by atoms with Crippen LogP contribution in [0.15, 0.2) is 16.9 Å². The van der Waals surface area contributed by atoms with Gasteiger partial charge in [-0.2, -0.15) is 10.1 Å². The molecule has 6 heteroatoms. The molecule has 0 aromatic carbocycles. The minimum atomic E-state index is -0.106. The first-order valence-electron chi connectivity index (χ1n) is 7.13. The van der Waals surface area contributed by atoms with Crippen LogP contribution >= 0.6 is 0 Å². The Morgan fingerprint density at radius 1 is 1.40 bits per heavy atom. The second-order valence-corrected chi connectivity index (χ2v) is 6.38. The molecule has 0 saturated carbocycles. The Hall–Kier alpha value is -1.69. The molecule has 6 nitrogen and oxygen atoms in total. The van der Waals surface area contributed by atoms with Crippen molar-refractivity contribution in [3.05, 3.63) is 18.2 Å². The molecular formula is C14H21N5O. The van der Waals surface area contributed by atoms with Crippen LogP contribution < -0.4 is 5.32 Å². The Balaban J connectivity index is 1.81. The van der Waals surface area contributed by atoms with E-state index in [4.69, 9.17) is 4.52 Å². The maximum Gasteiger partial charge on any atom is 0.261 e. The van der Waals surface area contributed by atoms with Crippen molar-refractivity contribution >= 4 is 0 Å². The van der Waals surface area contributed by atoms with E-state index in [-0.39, 0.29) is 5.41 Å². The highest BCUT2D eigenvalue weighted by atomic mass is 16.5. The van der Waals surface area contributed by atoms with Crippen LogP contribution in [0.25, 0.3) is 11.5 Å². The summed E-state index contributed by atoms with van der Waals surface area (Å²) in [6.45, 7) is 8.28. The third-order valence-corrected chi connectivity index (χ3v) is 3.59. The van der Waals surface area contributed by atoms with Gasteiger partial charge in [0, 0.05) is 18.2 Å². The topological polar surface area (TPSA) is 68.8 Å². The number of aromatic nitrogens is 4. The summed E-state index contributed by atoms with van der Waals surface area (Å²) in [4.78, 5) is 4.46. The van der Waals surface area contributed by atoms with E-state index in [0.29, 0.717) is 11.9 Å². The monoisotopic (exact) mass is 275 g/mol. The largest absolute Gasteiger partial charge is 0.334 e. The average Bonchev–Trinajstić information content (AvgIpc) is 3.08. The molecule has 0 aliphatic carbocycles. The number of nitrogens with zero attached hydrogens (tertiary/aromatic N) is 4. The van der Waals surface area contributed by atoms with Gasteiger partial charge in [0.1, 0.15) is 0 Å². The van der Waals surface area contributed by atoms with Crippen molar-refractivity contribution < 1.29 is 4.52 Å². The third kappa shape index (κ3) is 2.60. The summed E-state index contributed by atoms with van der Waals surface area (Å²) in [6, 6.07) is 0.419. The molecule has 1 saturated heterocycles. The lowest BCUT2D eigenvalue weighted by Crippen LogP contribution is -2.31. The fraction of sp³-hybridized carbons (Fsp3) is 0.643. The minimum absolute atomic E-state index is 0.106. The van der Waals surface area contributed by atoms with Crippen LogP contribution in [0.2, 0.25) is 0 Å². The highest BCUT2D eigenvalue weighted by Crippen LogP contribution is 2.24. The maximum absolute atomic E-state index is 5.35. The molecule has 0 bridgehead atoms. The van der Waals surface area contributed by atoms with Gasteiger partial charge in [-0.1, -0.05) is 25.9 Å². The number of hydrogen-bond donors (Lipinski definition) is 1. The van der Waals surface area contributed by atoms with Crippen LogP contribution in [0.3, 0.4) is 0 Å². The summed E-state index contributed by atoms with van der Waals surface area (Å²) >= 11 is 0. The SMILES string of the molecule is CC(C)(C)c1noc(-c2cnn(C3CCCNC3)c2)n1. The van der Waals surface area contributed by atoms with Gasteiger partial charge in [0.2, 0.25) is 0 Å². The summed E-state index contributed by atoms with van der Waals surface area (Å²) in [6.07, 6.45) is 6.14. The van der Waals surface area contributed by atoms with E-state index >= 15 is 0 Å². The standard InChI is InChI=1S/C14H21N5O/c1-14(2,3)13-17-12(20-18-13)10-7-16-19(9-10)11-5-4-6-15-8-11/h7,9,11,15H,4-6,8H2,1-3H3. The molecule has 0 amide bonds. The third-order valence-electron chi connectivity index (χ3n) is 3.59. The molecule has 0 spiro atoms.